The summed E-state index contributed by atoms with van der Waals surface area (Å²) in [6, 6.07) is 10.9. The van der Waals surface area contributed by atoms with Gasteiger partial charge in [0.2, 0.25) is 11.8 Å². The van der Waals surface area contributed by atoms with Crippen LogP contribution in [0.25, 0.3) is 0 Å². The first kappa shape index (κ1) is 26.5. The predicted molar refractivity (Wildman–Crippen MR) is 146 cm³/mol. The second kappa shape index (κ2) is 10.6. The molecule has 0 bridgehead atoms. The van der Waals surface area contributed by atoms with E-state index in [2.05, 4.69) is 5.32 Å². The number of rotatable bonds is 6. The number of carbonyl (C=O) groups is 3. The maximum absolute atomic E-state index is 13.3. The molecule has 3 aliphatic rings. The zero-order valence-corrected chi connectivity index (χ0v) is 22.8. The van der Waals surface area contributed by atoms with Crippen LogP contribution in [0.3, 0.4) is 0 Å². The van der Waals surface area contributed by atoms with Crippen molar-refractivity contribution in [3.05, 3.63) is 69.7 Å². The van der Waals surface area contributed by atoms with Crippen LogP contribution in [0.5, 0.6) is 5.06 Å². The Balaban J connectivity index is 1.29. The highest BCUT2D eigenvalue weighted by Gasteiger charge is 2.40. The maximum atomic E-state index is 13.3. The number of hydrogen-bond acceptors (Lipinski definition) is 6. The number of amides is 3. The fourth-order valence-corrected chi connectivity index (χ4v) is 6.25. The second-order valence-corrected chi connectivity index (χ2v) is 12.1. The summed E-state index contributed by atoms with van der Waals surface area (Å²) in [6.07, 6.45) is 5.12. The number of benzene rings is 1. The van der Waals surface area contributed by atoms with Crippen LogP contribution in [-0.2, 0) is 16.1 Å². The number of piperidine rings is 1. The van der Waals surface area contributed by atoms with Crippen LogP contribution in [-0.4, -0.2) is 46.6 Å². The van der Waals surface area contributed by atoms with E-state index in [1.165, 1.54) is 0 Å². The van der Waals surface area contributed by atoms with Gasteiger partial charge in [-0.2, -0.15) is 0 Å². The van der Waals surface area contributed by atoms with Gasteiger partial charge in [-0.3, -0.25) is 14.9 Å². The summed E-state index contributed by atoms with van der Waals surface area (Å²) < 4.78 is 5.84. The molecule has 2 N–H and O–H groups in total. The zero-order valence-electron chi connectivity index (χ0n) is 21.3. The minimum Gasteiger partial charge on any atom is -0.399 e. The van der Waals surface area contributed by atoms with E-state index in [-0.39, 0.29) is 17.7 Å². The minimum atomic E-state index is -1.08. The SMILES string of the molecule is CC(C)(O)C1CCCN(c2cccc(CN3CC4=C(NC(=O)Oc5ccc(Cl)s5)C=CCC4C3=O)c2)C1=O. The van der Waals surface area contributed by atoms with Crippen LogP contribution in [0.15, 0.2) is 59.8 Å². The third kappa shape index (κ3) is 5.50. The zero-order chi connectivity index (χ0) is 27.0. The quantitative estimate of drug-likeness (QED) is 0.529. The molecule has 2 unspecified atom stereocenters. The van der Waals surface area contributed by atoms with Gasteiger partial charge in [-0.1, -0.05) is 41.1 Å². The van der Waals surface area contributed by atoms with E-state index in [0.717, 1.165) is 34.6 Å². The lowest BCUT2D eigenvalue weighted by atomic mass is 9.83. The van der Waals surface area contributed by atoms with E-state index in [0.29, 0.717) is 47.6 Å². The van der Waals surface area contributed by atoms with E-state index >= 15 is 0 Å². The smallest absolute Gasteiger partial charge is 0.399 e. The molecule has 8 nitrogen and oxygen atoms in total. The van der Waals surface area contributed by atoms with Crippen LogP contribution in [0, 0.1) is 11.8 Å². The topological polar surface area (TPSA) is 99.2 Å². The van der Waals surface area contributed by atoms with Crippen molar-refractivity contribution in [2.24, 2.45) is 11.8 Å². The van der Waals surface area contributed by atoms with Crippen LogP contribution in [0.2, 0.25) is 4.34 Å². The van der Waals surface area contributed by atoms with Crippen LogP contribution < -0.4 is 15.0 Å². The molecule has 3 heterocycles. The Bertz CT molecular complexity index is 1330. The molecule has 2 saturated heterocycles. The number of ether oxygens (including phenoxy) is 1. The lowest BCUT2D eigenvalue weighted by molar-refractivity contribution is -0.132. The summed E-state index contributed by atoms with van der Waals surface area (Å²) in [5.74, 6) is -0.848. The summed E-state index contributed by atoms with van der Waals surface area (Å²) in [6.45, 7) is 4.73. The van der Waals surface area contributed by atoms with E-state index < -0.39 is 17.6 Å². The van der Waals surface area contributed by atoms with Crippen molar-refractivity contribution in [3.8, 4) is 5.06 Å². The van der Waals surface area contributed by atoms with Gasteiger partial charge in [-0.05, 0) is 74.6 Å². The molecule has 1 aliphatic carbocycles. The van der Waals surface area contributed by atoms with Crippen LogP contribution in [0.4, 0.5) is 10.5 Å². The molecule has 1 aromatic carbocycles. The largest absolute Gasteiger partial charge is 0.417 e. The fourth-order valence-electron chi connectivity index (χ4n) is 5.37. The molecule has 10 heteroatoms. The van der Waals surface area contributed by atoms with Crippen molar-refractivity contribution in [3.63, 3.8) is 0 Å². The van der Waals surface area contributed by atoms with Crippen LogP contribution >= 0.6 is 22.9 Å². The summed E-state index contributed by atoms with van der Waals surface area (Å²) in [7, 11) is 0. The van der Waals surface area contributed by atoms with Gasteiger partial charge in [0.25, 0.3) is 0 Å². The molecule has 0 spiro atoms. The molecule has 2 aliphatic heterocycles. The number of hydrogen-bond donors (Lipinski definition) is 2. The Morgan fingerprint density at radius 2 is 2.05 bits per heavy atom. The molecule has 2 fully saturated rings. The van der Waals surface area contributed by atoms with Gasteiger partial charge in [0.1, 0.15) is 0 Å². The number of likely N-dealkylation sites (tertiary alicyclic amines) is 1. The standard InChI is InChI=1S/C28H30ClN3O5S/c1-28(2,36)21-9-5-13-32(26(21)34)18-7-3-6-17(14-18)15-31-16-20-19(25(31)33)8-4-10-22(20)30-27(35)37-24-12-11-23(29)38-24/h3-4,6-7,10-12,14,19,21,36H,5,8-9,13,15-16H2,1-2H3,(H,30,35). The maximum Gasteiger partial charge on any atom is 0.417 e. The van der Waals surface area contributed by atoms with Gasteiger partial charge in [0, 0.05) is 31.0 Å². The summed E-state index contributed by atoms with van der Waals surface area (Å²) in [5, 5.41) is 13.6. The number of nitrogens with zero attached hydrogens (tertiary/aromatic N) is 2. The molecule has 5 rings (SSSR count). The first-order chi connectivity index (χ1) is 18.1. The number of allylic oxidation sites excluding steroid dienone is 2. The highest BCUT2D eigenvalue weighted by atomic mass is 35.5. The summed E-state index contributed by atoms with van der Waals surface area (Å²) >= 11 is 7.07. The summed E-state index contributed by atoms with van der Waals surface area (Å²) in [5.41, 5.74) is 2.03. The van der Waals surface area contributed by atoms with Crippen LogP contribution in [0.1, 0.15) is 38.7 Å². The number of carbonyl (C=O) groups excluding carboxylic acids is 3. The Kier molecular flexibility index (Phi) is 7.35. The number of halogens is 1. The molecule has 200 valence electrons. The molecule has 0 radical (unpaired) electrons. The average Bonchev–Trinajstić information content (AvgIpc) is 3.41. The van der Waals surface area contributed by atoms with Crippen molar-refractivity contribution < 1.29 is 24.2 Å². The average molecular weight is 556 g/mol. The minimum absolute atomic E-state index is 0.00334. The number of nitrogens with one attached hydrogen (secondary N) is 1. The Labute approximate surface area is 230 Å². The Morgan fingerprint density at radius 1 is 1.24 bits per heavy atom. The van der Waals surface area contributed by atoms with Gasteiger partial charge in [-0.15, -0.1) is 0 Å². The van der Waals surface area contributed by atoms with Crippen molar-refractivity contribution in [1.29, 1.82) is 0 Å². The van der Waals surface area contributed by atoms with Crippen molar-refractivity contribution >= 4 is 46.5 Å². The first-order valence-electron chi connectivity index (χ1n) is 12.7. The molecular weight excluding hydrogens is 526 g/mol. The van der Waals surface area contributed by atoms with E-state index in [9.17, 15) is 19.5 Å². The van der Waals surface area contributed by atoms with Crippen molar-refractivity contribution in [2.75, 3.05) is 18.0 Å². The lowest BCUT2D eigenvalue weighted by Gasteiger charge is -2.38. The van der Waals surface area contributed by atoms with Gasteiger partial charge in [0.15, 0.2) is 5.06 Å². The lowest BCUT2D eigenvalue weighted by Crippen LogP contribution is -2.49. The number of fused-ring (bicyclic) bond motifs is 1. The van der Waals surface area contributed by atoms with E-state index in [1.54, 1.807) is 35.8 Å². The molecule has 1 aromatic heterocycles. The molecule has 0 saturated carbocycles. The molecule has 38 heavy (non-hydrogen) atoms. The monoisotopic (exact) mass is 555 g/mol. The van der Waals surface area contributed by atoms with E-state index in [4.69, 9.17) is 16.3 Å². The third-order valence-electron chi connectivity index (χ3n) is 7.26. The highest BCUT2D eigenvalue weighted by Crippen LogP contribution is 2.35. The van der Waals surface area contributed by atoms with Crippen molar-refractivity contribution in [1.82, 2.24) is 10.2 Å². The molecule has 3 amide bonds. The number of thiophene rings is 1. The van der Waals surface area contributed by atoms with E-state index in [1.807, 2.05) is 36.4 Å². The highest BCUT2D eigenvalue weighted by molar-refractivity contribution is 7.17. The molecular formula is C28H30ClN3O5S. The number of anilines is 1. The summed E-state index contributed by atoms with van der Waals surface area (Å²) in [4.78, 5) is 42.4. The Morgan fingerprint density at radius 3 is 2.79 bits per heavy atom. The molecule has 2 aromatic rings. The van der Waals surface area contributed by atoms with Crippen molar-refractivity contribution in [2.45, 2.75) is 45.3 Å². The predicted octanol–water partition coefficient (Wildman–Crippen LogP) is 4.88. The van der Waals surface area contributed by atoms with Gasteiger partial charge in [-0.25, -0.2) is 4.79 Å². The van der Waals surface area contributed by atoms with Gasteiger partial charge < -0.3 is 19.6 Å². The second-order valence-electron chi connectivity index (χ2n) is 10.4. The fraction of sp³-hybridized carbons (Fsp3) is 0.393. The molecule has 2 atom stereocenters. The third-order valence-corrected chi connectivity index (χ3v) is 8.37. The van der Waals surface area contributed by atoms with Gasteiger partial charge >= 0.3 is 6.09 Å². The van der Waals surface area contributed by atoms with Gasteiger partial charge in [0.05, 0.1) is 21.8 Å². The number of aliphatic hydroxyl groups is 1. The first-order valence-corrected chi connectivity index (χ1v) is 13.8. The normalized spacial score (nSPS) is 21.7. The Hall–Kier alpha value is -3.14.